The Kier molecular flexibility index (Phi) is 5.49. The van der Waals surface area contributed by atoms with Crippen molar-refractivity contribution in [3.63, 3.8) is 0 Å². The van der Waals surface area contributed by atoms with Crippen LogP contribution in [0.4, 0.5) is 0 Å². The van der Waals surface area contributed by atoms with Gasteiger partial charge in [-0.3, -0.25) is 9.36 Å². The fraction of sp³-hybridized carbons (Fsp3) is 0.208. The van der Waals surface area contributed by atoms with Crippen LogP contribution in [0.25, 0.3) is 27.7 Å². The molecule has 0 atom stereocenters. The maximum Gasteiger partial charge on any atom is 0.255 e. The van der Waals surface area contributed by atoms with Gasteiger partial charge in [0.1, 0.15) is 0 Å². The van der Waals surface area contributed by atoms with Crippen molar-refractivity contribution in [2.45, 2.75) is 13.0 Å². The zero-order valence-electron chi connectivity index (χ0n) is 16.9. The normalized spacial score (nSPS) is 13.8. The summed E-state index contributed by atoms with van der Waals surface area (Å²) in [5.74, 6) is 0. The van der Waals surface area contributed by atoms with E-state index in [9.17, 15) is 4.79 Å². The molecule has 0 bridgehead atoms. The molecule has 0 radical (unpaired) electrons. The third kappa shape index (κ3) is 3.45. The molecule has 30 heavy (non-hydrogen) atoms. The average molecular weight is 440 g/mol. The van der Waals surface area contributed by atoms with E-state index in [0.29, 0.717) is 5.02 Å². The number of pyridine rings is 1. The van der Waals surface area contributed by atoms with Gasteiger partial charge < -0.3 is 9.47 Å². The molecule has 0 amide bonds. The molecular formula is C24H23Cl2N3O. The molecule has 0 aliphatic carbocycles. The molecule has 154 valence electrons. The van der Waals surface area contributed by atoms with Gasteiger partial charge in [-0.25, -0.2) is 0 Å². The summed E-state index contributed by atoms with van der Waals surface area (Å²) in [6.07, 6.45) is 2.91. The van der Waals surface area contributed by atoms with Crippen LogP contribution in [0.1, 0.15) is 11.3 Å². The second kappa shape index (κ2) is 7.95. The van der Waals surface area contributed by atoms with Crippen LogP contribution in [-0.2, 0) is 20.0 Å². The monoisotopic (exact) mass is 439 g/mol. The topological polar surface area (TPSA) is 30.2 Å². The summed E-state index contributed by atoms with van der Waals surface area (Å²) in [6, 6.07) is 17.5. The average Bonchev–Trinajstić information content (AvgIpc) is 2.99. The van der Waals surface area contributed by atoms with Gasteiger partial charge in [-0.1, -0.05) is 29.8 Å². The summed E-state index contributed by atoms with van der Waals surface area (Å²) in [7, 11) is 4.29. The molecule has 6 heteroatoms. The van der Waals surface area contributed by atoms with Crippen molar-refractivity contribution in [2.75, 3.05) is 13.6 Å². The van der Waals surface area contributed by atoms with Crippen molar-refractivity contribution in [2.24, 2.45) is 7.05 Å². The first-order chi connectivity index (χ1) is 14.0. The molecule has 4 nitrogen and oxygen atoms in total. The van der Waals surface area contributed by atoms with Crippen LogP contribution in [0.5, 0.6) is 0 Å². The number of benzene rings is 2. The Morgan fingerprint density at radius 1 is 0.933 bits per heavy atom. The summed E-state index contributed by atoms with van der Waals surface area (Å²) >= 11 is 5.97. The van der Waals surface area contributed by atoms with Crippen LogP contribution in [-0.4, -0.2) is 27.6 Å². The lowest BCUT2D eigenvalue weighted by Gasteiger charge is -2.23. The van der Waals surface area contributed by atoms with Crippen molar-refractivity contribution in [3.05, 3.63) is 87.4 Å². The Hall–Kier alpha value is -2.53. The van der Waals surface area contributed by atoms with Gasteiger partial charge in [0.2, 0.25) is 0 Å². The van der Waals surface area contributed by atoms with E-state index in [1.54, 1.807) is 10.6 Å². The lowest BCUT2D eigenvalue weighted by molar-refractivity contribution is 0.310. The molecular weight excluding hydrogens is 417 g/mol. The lowest BCUT2D eigenvalue weighted by Crippen LogP contribution is -2.26. The van der Waals surface area contributed by atoms with Gasteiger partial charge in [0, 0.05) is 54.9 Å². The number of likely N-dealkylation sites (N-methyl/N-ethyl adjacent to an activating group) is 1. The molecule has 2 aromatic carbocycles. The van der Waals surface area contributed by atoms with Crippen LogP contribution in [0, 0.1) is 0 Å². The summed E-state index contributed by atoms with van der Waals surface area (Å²) in [5, 5.41) is 1.97. The molecule has 3 heterocycles. The minimum atomic E-state index is -0.0458. The lowest BCUT2D eigenvalue weighted by atomic mass is 10.0. The van der Waals surface area contributed by atoms with Gasteiger partial charge in [-0.2, -0.15) is 0 Å². The van der Waals surface area contributed by atoms with E-state index in [1.807, 2.05) is 42.6 Å². The zero-order valence-corrected chi connectivity index (χ0v) is 18.5. The highest BCUT2D eigenvalue weighted by atomic mass is 35.5. The first-order valence-electron chi connectivity index (χ1n) is 9.79. The van der Waals surface area contributed by atoms with Gasteiger partial charge in [-0.05, 0) is 54.1 Å². The Labute approximate surface area is 186 Å². The van der Waals surface area contributed by atoms with E-state index in [-0.39, 0.29) is 18.0 Å². The van der Waals surface area contributed by atoms with Crippen molar-refractivity contribution < 1.29 is 0 Å². The van der Waals surface area contributed by atoms with E-state index < -0.39 is 0 Å². The van der Waals surface area contributed by atoms with Crippen molar-refractivity contribution in [1.82, 2.24) is 14.0 Å². The highest BCUT2D eigenvalue weighted by molar-refractivity contribution is 6.30. The van der Waals surface area contributed by atoms with E-state index in [0.717, 1.165) is 36.3 Å². The van der Waals surface area contributed by atoms with E-state index in [2.05, 4.69) is 35.7 Å². The highest BCUT2D eigenvalue weighted by Crippen LogP contribution is 2.31. The number of rotatable bonds is 2. The Morgan fingerprint density at radius 3 is 2.43 bits per heavy atom. The molecule has 0 N–H and O–H groups in total. The van der Waals surface area contributed by atoms with Crippen molar-refractivity contribution in [3.8, 4) is 16.8 Å². The predicted octanol–water partition coefficient (Wildman–Crippen LogP) is 5.06. The fourth-order valence-electron chi connectivity index (χ4n) is 4.36. The Morgan fingerprint density at radius 2 is 1.70 bits per heavy atom. The number of nitrogens with zero attached hydrogens (tertiary/aromatic N) is 3. The van der Waals surface area contributed by atoms with Gasteiger partial charge in [0.15, 0.2) is 0 Å². The molecule has 0 saturated carbocycles. The van der Waals surface area contributed by atoms with Crippen LogP contribution in [0.3, 0.4) is 0 Å². The summed E-state index contributed by atoms with van der Waals surface area (Å²) in [5.41, 5.74) is 6.70. The molecule has 2 aromatic heterocycles. The summed E-state index contributed by atoms with van der Waals surface area (Å²) in [4.78, 5) is 15.2. The summed E-state index contributed by atoms with van der Waals surface area (Å²) < 4.78 is 3.99. The first kappa shape index (κ1) is 20.7. The molecule has 5 rings (SSSR count). The zero-order chi connectivity index (χ0) is 20.1. The molecule has 0 spiro atoms. The smallest absolute Gasteiger partial charge is 0.255 e. The number of aryl methyl sites for hydroxylation is 1. The van der Waals surface area contributed by atoms with E-state index in [1.165, 1.54) is 22.2 Å². The van der Waals surface area contributed by atoms with Gasteiger partial charge >= 0.3 is 0 Å². The molecule has 1 aliphatic heterocycles. The van der Waals surface area contributed by atoms with Gasteiger partial charge in [0.25, 0.3) is 5.56 Å². The standard InChI is InChI=1S/C24H22ClN3O.ClH/c1-26-11-10-22-21(15-26)20-8-7-19(14-23(20)27(22)2)28-12-9-17(13-24(28)29)16-3-5-18(25)6-4-16;/h3-9,12-14H,10-11,15H2,1-2H3;1H. The Balaban J connectivity index is 0.00000218. The summed E-state index contributed by atoms with van der Waals surface area (Å²) in [6.45, 7) is 2.05. The van der Waals surface area contributed by atoms with Crippen LogP contribution in [0.2, 0.25) is 5.02 Å². The SMILES string of the molecule is CN1CCc2c(c3ccc(-n4ccc(-c5ccc(Cl)cc5)cc4=O)cc3n2C)C1.Cl. The minimum Gasteiger partial charge on any atom is -0.347 e. The van der Waals surface area contributed by atoms with E-state index in [4.69, 9.17) is 11.6 Å². The van der Waals surface area contributed by atoms with E-state index >= 15 is 0 Å². The largest absolute Gasteiger partial charge is 0.347 e. The van der Waals surface area contributed by atoms with Crippen LogP contribution < -0.4 is 5.56 Å². The highest BCUT2D eigenvalue weighted by Gasteiger charge is 2.21. The number of halogens is 2. The maximum atomic E-state index is 12.9. The third-order valence-electron chi connectivity index (χ3n) is 5.95. The van der Waals surface area contributed by atoms with Gasteiger partial charge in [-0.15, -0.1) is 12.4 Å². The van der Waals surface area contributed by atoms with Crippen LogP contribution >= 0.6 is 24.0 Å². The molecule has 4 aromatic rings. The predicted molar refractivity (Wildman–Crippen MR) is 126 cm³/mol. The second-order valence-electron chi connectivity index (χ2n) is 7.80. The molecule has 0 fully saturated rings. The number of aromatic nitrogens is 2. The fourth-order valence-corrected chi connectivity index (χ4v) is 4.49. The van der Waals surface area contributed by atoms with Gasteiger partial charge in [0.05, 0.1) is 11.2 Å². The quantitative estimate of drug-likeness (QED) is 0.436. The number of hydrogen-bond donors (Lipinski definition) is 0. The maximum absolute atomic E-state index is 12.9. The first-order valence-corrected chi connectivity index (χ1v) is 10.2. The van der Waals surface area contributed by atoms with Crippen molar-refractivity contribution >= 4 is 34.9 Å². The molecule has 1 aliphatic rings. The number of fused-ring (bicyclic) bond motifs is 3. The van der Waals surface area contributed by atoms with Crippen molar-refractivity contribution in [1.29, 1.82) is 0 Å². The third-order valence-corrected chi connectivity index (χ3v) is 6.21. The number of hydrogen-bond acceptors (Lipinski definition) is 2. The minimum absolute atomic E-state index is 0. The van der Waals surface area contributed by atoms with Crippen LogP contribution in [0.15, 0.2) is 65.6 Å². The molecule has 0 unspecified atom stereocenters. The second-order valence-corrected chi connectivity index (χ2v) is 8.24. The Bertz CT molecular complexity index is 1290. The molecule has 0 saturated heterocycles.